The molecule has 0 aliphatic rings. The third-order valence-corrected chi connectivity index (χ3v) is 1.75. The summed E-state index contributed by atoms with van der Waals surface area (Å²) in [4.78, 5) is 11.2. The molecule has 0 atom stereocenters. The topological polar surface area (TPSA) is 49.3 Å². The summed E-state index contributed by atoms with van der Waals surface area (Å²) in [5.74, 6) is 0.108. The van der Waals surface area contributed by atoms with Crippen LogP contribution >= 0.6 is 0 Å². The SMILES string of the molecule is CC(C)NC(=O)C=Cc1ccc(O)cc1. The van der Waals surface area contributed by atoms with E-state index in [1.165, 1.54) is 6.08 Å². The van der Waals surface area contributed by atoms with Gasteiger partial charge in [-0.15, -0.1) is 0 Å². The fourth-order valence-corrected chi connectivity index (χ4v) is 1.09. The maximum atomic E-state index is 11.2. The molecule has 0 aromatic heterocycles. The Balaban J connectivity index is 2.57. The van der Waals surface area contributed by atoms with Gasteiger partial charge in [0.1, 0.15) is 5.75 Å². The number of hydrogen-bond donors (Lipinski definition) is 2. The molecule has 0 bridgehead atoms. The zero-order valence-corrected chi connectivity index (χ0v) is 8.90. The summed E-state index contributed by atoms with van der Waals surface area (Å²) >= 11 is 0. The van der Waals surface area contributed by atoms with Crippen molar-refractivity contribution in [3.05, 3.63) is 35.9 Å². The second kappa shape index (κ2) is 5.20. The van der Waals surface area contributed by atoms with E-state index in [0.29, 0.717) is 0 Å². The number of benzene rings is 1. The highest BCUT2D eigenvalue weighted by Gasteiger charge is 1.97. The van der Waals surface area contributed by atoms with Crippen LogP contribution in [0.2, 0.25) is 0 Å². The van der Waals surface area contributed by atoms with E-state index in [4.69, 9.17) is 5.11 Å². The molecule has 1 rings (SSSR count). The van der Waals surface area contributed by atoms with Gasteiger partial charge in [-0.25, -0.2) is 0 Å². The maximum Gasteiger partial charge on any atom is 0.244 e. The van der Waals surface area contributed by atoms with E-state index >= 15 is 0 Å². The van der Waals surface area contributed by atoms with Crippen molar-refractivity contribution in [2.45, 2.75) is 19.9 Å². The number of phenols is 1. The summed E-state index contributed by atoms with van der Waals surface area (Å²) in [6.45, 7) is 3.82. The summed E-state index contributed by atoms with van der Waals surface area (Å²) in [5.41, 5.74) is 0.881. The van der Waals surface area contributed by atoms with E-state index in [2.05, 4.69) is 5.32 Å². The predicted molar refractivity (Wildman–Crippen MR) is 60.4 cm³/mol. The van der Waals surface area contributed by atoms with Crippen molar-refractivity contribution in [3.8, 4) is 5.75 Å². The van der Waals surface area contributed by atoms with Gasteiger partial charge in [-0.2, -0.15) is 0 Å². The molecule has 1 aromatic rings. The Bertz CT molecular complexity index is 352. The molecule has 0 radical (unpaired) electrons. The predicted octanol–water partition coefficient (Wildman–Crippen LogP) is 1.93. The monoisotopic (exact) mass is 205 g/mol. The van der Waals surface area contributed by atoms with Crippen LogP contribution in [-0.4, -0.2) is 17.1 Å². The van der Waals surface area contributed by atoms with Crippen LogP contribution in [0.3, 0.4) is 0 Å². The Morgan fingerprint density at radius 3 is 2.47 bits per heavy atom. The van der Waals surface area contributed by atoms with Crippen molar-refractivity contribution in [1.29, 1.82) is 0 Å². The minimum atomic E-state index is -0.113. The Labute approximate surface area is 89.4 Å². The van der Waals surface area contributed by atoms with Crippen molar-refractivity contribution in [1.82, 2.24) is 5.32 Å². The molecule has 2 N–H and O–H groups in total. The lowest BCUT2D eigenvalue weighted by atomic mass is 10.2. The van der Waals surface area contributed by atoms with E-state index in [9.17, 15) is 4.79 Å². The van der Waals surface area contributed by atoms with Crippen LogP contribution in [-0.2, 0) is 4.79 Å². The van der Waals surface area contributed by atoms with Crippen LogP contribution in [0.4, 0.5) is 0 Å². The Morgan fingerprint density at radius 2 is 1.93 bits per heavy atom. The Hall–Kier alpha value is -1.77. The molecule has 1 aromatic carbocycles. The molecular weight excluding hydrogens is 190 g/mol. The number of carbonyl (C=O) groups is 1. The number of rotatable bonds is 3. The van der Waals surface area contributed by atoms with E-state index in [1.807, 2.05) is 13.8 Å². The van der Waals surface area contributed by atoms with E-state index in [-0.39, 0.29) is 17.7 Å². The van der Waals surface area contributed by atoms with E-state index in [1.54, 1.807) is 30.3 Å². The van der Waals surface area contributed by atoms with Gasteiger partial charge in [0.05, 0.1) is 0 Å². The number of carbonyl (C=O) groups excluding carboxylic acids is 1. The van der Waals surface area contributed by atoms with Crippen LogP contribution in [0.15, 0.2) is 30.3 Å². The van der Waals surface area contributed by atoms with Gasteiger partial charge in [0.25, 0.3) is 0 Å². The summed E-state index contributed by atoms with van der Waals surface area (Å²) in [6, 6.07) is 6.80. The molecule has 15 heavy (non-hydrogen) atoms. The minimum absolute atomic E-state index is 0.113. The molecule has 0 saturated heterocycles. The smallest absolute Gasteiger partial charge is 0.244 e. The molecule has 3 heteroatoms. The van der Waals surface area contributed by atoms with E-state index < -0.39 is 0 Å². The summed E-state index contributed by atoms with van der Waals surface area (Å²) in [7, 11) is 0. The molecule has 0 unspecified atom stereocenters. The molecule has 0 saturated carbocycles. The zero-order chi connectivity index (χ0) is 11.3. The zero-order valence-electron chi connectivity index (χ0n) is 8.90. The molecule has 80 valence electrons. The van der Waals surface area contributed by atoms with Gasteiger partial charge in [0, 0.05) is 12.1 Å². The molecule has 0 aliphatic heterocycles. The van der Waals surface area contributed by atoms with Crippen molar-refractivity contribution in [2.75, 3.05) is 0 Å². The summed E-state index contributed by atoms with van der Waals surface area (Å²) < 4.78 is 0. The molecule has 1 amide bonds. The van der Waals surface area contributed by atoms with Gasteiger partial charge >= 0.3 is 0 Å². The number of phenolic OH excluding ortho intramolecular Hbond substituents is 1. The molecule has 3 nitrogen and oxygen atoms in total. The fourth-order valence-electron chi connectivity index (χ4n) is 1.09. The van der Waals surface area contributed by atoms with Crippen LogP contribution in [0, 0.1) is 0 Å². The number of aromatic hydroxyl groups is 1. The van der Waals surface area contributed by atoms with Crippen LogP contribution in [0.5, 0.6) is 5.75 Å². The summed E-state index contributed by atoms with van der Waals surface area (Å²) in [5, 5.41) is 11.8. The average Bonchev–Trinajstić information content (AvgIpc) is 2.16. The highest BCUT2D eigenvalue weighted by molar-refractivity contribution is 5.91. The number of amides is 1. The molecular formula is C12H15NO2. The number of hydrogen-bond acceptors (Lipinski definition) is 2. The third-order valence-electron chi connectivity index (χ3n) is 1.75. The lowest BCUT2D eigenvalue weighted by molar-refractivity contribution is -0.116. The van der Waals surface area contributed by atoms with Crippen molar-refractivity contribution < 1.29 is 9.90 Å². The van der Waals surface area contributed by atoms with Crippen molar-refractivity contribution in [2.24, 2.45) is 0 Å². The van der Waals surface area contributed by atoms with Crippen LogP contribution in [0.25, 0.3) is 6.08 Å². The first kappa shape index (κ1) is 11.3. The van der Waals surface area contributed by atoms with Gasteiger partial charge in [-0.3, -0.25) is 4.79 Å². The second-order valence-corrected chi connectivity index (χ2v) is 3.59. The molecule has 0 heterocycles. The lowest BCUT2D eigenvalue weighted by Gasteiger charge is -2.03. The number of nitrogens with one attached hydrogen (secondary N) is 1. The molecule has 0 spiro atoms. The first-order valence-electron chi connectivity index (χ1n) is 4.85. The standard InChI is InChI=1S/C12H15NO2/c1-9(2)13-12(15)8-5-10-3-6-11(14)7-4-10/h3-9,14H,1-2H3,(H,13,15). The Kier molecular flexibility index (Phi) is 3.92. The molecule has 0 fully saturated rings. The first-order chi connectivity index (χ1) is 7.08. The second-order valence-electron chi connectivity index (χ2n) is 3.59. The molecule has 0 aliphatic carbocycles. The van der Waals surface area contributed by atoms with Gasteiger partial charge in [-0.1, -0.05) is 12.1 Å². The third kappa shape index (κ3) is 4.31. The lowest BCUT2D eigenvalue weighted by Crippen LogP contribution is -2.28. The normalized spacial score (nSPS) is 10.9. The van der Waals surface area contributed by atoms with Crippen LogP contribution in [0.1, 0.15) is 19.4 Å². The van der Waals surface area contributed by atoms with Crippen molar-refractivity contribution >= 4 is 12.0 Å². The maximum absolute atomic E-state index is 11.2. The van der Waals surface area contributed by atoms with Gasteiger partial charge in [0.2, 0.25) is 5.91 Å². The van der Waals surface area contributed by atoms with Gasteiger partial charge in [-0.05, 0) is 37.6 Å². The fraction of sp³-hybridized carbons (Fsp3) is 0.250. The quantitative estimate of drug-likeness (QED) is 0.741. The van der Waals surface area contributed by atoms with Gasteiger partial charge in [0.15, 0.2) is 0 Å². The van der Waals surface area contributed by atoms with Crippen LogP contribution < -0.4 is 5.32 Å². The largest absolute Gasteiger partial charge is 0.508 e. The van der Waals surface area contributed by atoms with Gasteiger partial charge < -0.3 is 10.4 Å². The first-order valence-corrected chi connectivity index (χ1v) is 4.85. The summed E-state index contributed by atoms with van der Waals surface area (Å²) in [6.07, 6.45) is 3.18. The minimum Gasteiger partial charge on any atom is -0.508 e. The highest BCUT2D eigenvalue weighted by Crippen LogP contribution is 2.10. The van der Waals surface area contributed by atoms with E-state index in [0.717, 1.165) is 5.56 Å². The highest BCUT2D eigenvalue weighted by atomic mass is 16.3. The Morgan fingerprint density at radius 1 is 1.33 bits per heavy atom. The average molecular weight is 205 g/mol. The van der Waals surface area contributed by atoms with Crippen molar-refractivity contribution in [3.63, 3.8) is 0 Å².